The van der Waals surface area contributed by atoms with E-state index in [0.29, 0.717) is 0 Å². The summed E-state index contributed by atoms with van der Waals surface area (Å²) in [6, 6.07) is 7.92. The van der Waals surface area contributed by atoms with Crippen LogP contribution in [0.15, 0.2) is 24.3 Å². The molecule has 0 fully saturated rings. The molecule has 0 aromatic heterocycles. The molecule has 2 heteroatoms. The predicted octanol–water partition coefficient (Wildman–Crippen LogP) is 3.93. The first-order valence-corrected chi connectivity index (χ1v) is 6.21. The van der Waals surface area contributed by atoms with Crippen LogP contribution in [0.4, 0.5) is 5.69 Å². The summed E-state index contributed by atoms with van der Waals surface area (Å²) >= 11 is 0. The molecule has 0 radical (unpaired) electrons. The smallest absolute Gasteiger partial charge is 0.0797 e. The van der Waals surface area contributed by atoms with E-state index in [-0.39, 0.29) is 6.10 Å². The van der Waals surface area contributed by atoms with E-state index in [1.807, 2.05) is 18.2 Å². The number of ether oxygens (including phenoxy) is 1. The highest BCUT2D eigenvalue weighted by Crippen LogP contribution is 2.19. The van der Waals surface area contributed by atoms with Gasteiger partial charge in [-0.05, 0) is 31.0 Å². The van der Waals surface area contributed by atoms with Gasteiger partial charge >= 0.3 is 0 Å². The maximum absolute atomic E-state index is 5.77. The molecule has 1 aromatic rings. The highest BCUT2D eigenvalue weighted by Gasteiger charge is 2.05. The molecule has 0 amide bonds. The molecule has 0 saturated heterocycles. The van der Waals surface area contributed by atoms with Crippen LogP contribution in [-0.2, 0) is 4.74 Å². The van der Waals surface area contributed by atoms with Crippen molar-refractivity contribution in [3.63, 3.8) is 0 Å². The van der Waals surface area contributed by atoms with E-state index < -0.39 is 0 Å². The zero-order valence-corrected chi connectivity index (χ0v) is 10.4. The van der Waals surface area contributed by atoms with Crippen LogP contribution in [-0.4, -0.2) is 6.61 Å². The number of hydrogen-bond acceptors (Lipinski definition) is 2. The molecule has 1 aromatic carbocycles. The van der Waals surface area contributed by atoms with Gasteiger partial charge in [0.1, 0.15) is 0 Å². The van der Waals surface area contributed by atoms with Crippen molar-refractivity contribution in [1.82, 2.24) is 0 Å². The Kier molecular flexibility index (Phi) is 5.94. The summed E-state index contributed by atoms with van der Waals surface area (Å²) in [4.78, 5) is 0. The summed E-state index contributed by atoms with van der Waals surface area (Å²) in [7, 11) is 0. The number of unbranched alkanes of at least 4 members (excludes halogenated alkanes) is 3. The summed E-state index contributed by atoms with van der Waals surface area (Å²) in [5.41, 5.74) is 7.70. The summed E-state index contributed by atoms with van der Waals surface area (Å²) in [6.45, 7) is 5.14. The van der Waals surface area contributed by atoms with E-state index in [4.69, 9.17) is 10.5 Å². The molecule has 0 aliphatic heterocycles. The number of hydrogen-bond donors (Lipinski definition) is 1. The lowest BCUT2D eigenvalue weighted by atomic mass is 10.1. The van der Waals surface area contributed by atoms with E-state index in [9.17, 15) is 0 Å². The van der Waals surface area contributed by atoms with Gasteiger partial charge in [0.05, 0.1) is 6.10 Å². The van der Waals surface area contributed by atoms with Gasteiger partial charge in [0.2, 0.25) is 0 Å². The summed E-state index contributed by atoms with van der Waals surface area (Å²) in [5.74, 6) is 0. The monoisotopic (exact) mass is 221 g/mol. The molecule has 0 bridgehead atoms. The van der Waals surface area contributed by atoms with E-state index >= 15 is 0 Å². The van der Waals surface area contributed by atoms with Crippen molar-refractivity contribution >= 4 is 5.69 Å². The zero-order chi connectivity index (χ0) is 11.8. The maximum atomic E-state index is 5.77. The SMILES string of the molecule is CCCCCCOC(C)c1cccc(N)c1. The quantitative estimate of drug-likeness (QED) is 0.559. The normalized spacial score (nSPS) is 12.6. The first kappa shape index (κ1) is 13.0. The number of nitrogens with two attached hydrogens (primary N) is 1. The van der Waals surface area contributed by atoms with E-state index in [2.05, 4.69) is 19.9 Å². The van der Waals surface area contributed by atoms with E-state index in [1.165, 1.54) is 19.3 Å². The Morgan fingerprint density at radius 1 is 1.25 bits per heavy atom. The minimum absolute atomic E-state index is 0.144. The first-order chi connectivity index (χ1) is 7.74. The molecule has 2 nitrogen and oxygen atoms in total. The van der Waals surface area contributed by atoms with Crippen molar-refractivity contribution in [2.75, 3.05) is 12.3 Å². The summed E-state index contributed by atoms with van der Waals surface area (Å²) < 4.78 is 5.77. The van der Waals surface area contributed by atoms with Gasteiger partial charge in [-0.2, -0.15) is 0 Å². The molecular formula is C14H23NO. The van der Waals surface area contributed by atoms with Crippen LogP contribution < -0.4 is 5.73 Å². The average molecular weight is 221 g/mol. The van der Waals surface area contributed by atoms with Crippen molar-refractivity contribution in [1.29, 1.82) is 0 Å². The molecule has 1 unspecified atom stereocenters. The van der Waals surface area contributed by atoms with Crippen LogP contribution in [0.5, 0.6) is 0 Å². The molecule has 0 aliphatic rings. The Bertz CT molecular complexity index is 299. The lowest BCUT2D eigenvalue weighted by Crippen LogP contribution is -2.02. The Morgan fingerprint density at radius 3 is 2.75 bits per heavy atom. The van der Waals surface area contributed by atoms with Crippen molar-refractivity contribution in [3.05, 3.63) is 29.8 Å². The molecule has 0 saturated carbocycles. The second-order valence-electron chi connectivity index (χ2n) is 4.24. The third kappa shape index (κ3) is 4.67. The fourth-order valence-electron chi connectivity index (χ4n) is 1.70. The highest BCUT2D eigenvalue weighted by atomic mass is 16.5. The van der Waals surface area contributed by atoms with Gasteiger partial charge in [0.25, 0.3) is 0 Å². The molecular weight excluding hydrogens is 198 g/mol. The van der Waals surface area contributed by atoms with Gasteiger partial charge in [-0.1, -0.05) is 38.3 Å². The fraction of sp³-hybridized carbons (Fsp3) is 0.571. The second kappa shape index (κ2) is 7.29. The summed E-state index contributed by atoms with van der Waals surface area (Å²) in [5, 5.41) is 0. The molecule has 2 N–H and O–H groups in total. The highest BCUT2D eigenvalue weighted by molar-refractivity contribution is 5.41. The van der Waals surface area contributed by atoms with Gasteiger partial charge < -0.3 is 10.5 Å². The van der Waals surface area contributed by atoms with Gasteiger partial charge in [0.15, 0.2) is 0 Å². The topological polar surface area (TPSA) is 35.2 Å². The average Bonchev–Trinajstić information content (AvgIpc) is 2.28. The van der Waals surface area contributed by atoms with Crippen LogP contribution >= 0.6 is 0 Å². The minimum Gasteiger partial charge on any atom is -0.399 e. The van der Waals surface area contributed by atoms with E-state index in [1.54, 1.807) is 0 Å². The molecule has 90 valence electrons. The van der Waals surface area contributed by atoms with Gasteiger partial charge in [0, 0.05) is 12.3 Å². The van der Waals surface area contributed by atoms with Crippen molar-refractivity contribution < 1.29 is 4.74 Å². The van der Waals surface area contributed by atoms with Crippen molar-refractivity contribution in [2.45, 2.75) is 45.6 Å². The maximum Gasteiger partial charge on any atom is 0.0797 e. The number of benzene rings is 1. The fourth-order valence-corrected chi connectivity index (χ4v) is 1.70. The van der Waals surface area contributed by atoms with Gasteiger partial charge in [-0.15, -0.1) is 0 Å². The van der Waals surface area contributed by atoms with Crippen LogP contribution in [0.1, 0.15) is 51.2 Å². The molecule has 0 spiro atoms. The zero-order valence-electron chi connectivity index (χ0n) is 10.4. The lowest BCUT2D eigenvalue weighted by Gasteiger charge is -2.13. The largest absolute Gasteiger partial charge is 0.399 e. The van der Waals surface area contributed by atoms with Crippen LogP contribution in [0.2, 0.25) is 0 Å². The Balaban J connectivity index is 2.27. The predicted molar refractivity (Wildman–Crippen MR) is 69.4 cm³/mol. The third-order valence-corrected chi connectivity index (χ3v) is 2.75. The molecule has 0 heterocycles. The molecule has 16 heavy (non-hydrogen) atoms. The second-order valence-corrected chi connectivity index (χ2v) is 4.24. The molecule has 0 aliphatic carbocycles. The standard InChI is InChI=1S/C14H23NO/c1-3-4-5-6-10-16-12(2)13-8-7-9-14(15)11-13/h7-9,11-12H,3-6,10,15H2,1-2H3. The van der Waals surface area contributed by atoms with E-state index in [0.717, 1.165) is 24.3 Å². The Labute approximate surface area is 98.8 Å². The van der Waals surface area contributed by atoms with Gasteiger partial charge in [-0.25, -0.2) is 0 Å². The van der Waals surface area contributed by atoms with Gasteiger partial charge in [-0.3, -0.25) is 0 Å². The lowest BCUT2D eigenvalue weighted by molar-refractivity contribution is 0.0628. The minimum atomic E-state index is 0.144. The van der Waals surface area contributed by atoms with Crippen molar-refractivity contribution in [3.8, 4) is 0 Å². The Hall–Kier alpha value is -1.02. The molecule has 1 rings (SSSR count). The van der Waals surface area contributed by atoms with Crippen LogP contribution in [0, 0.1) is 0 Å². The number of rotatable bonds is 7. The molecule has 1 atom stereocenters. The summed E-state index contributed by atoms with van der Waals surface area (Å²) in [6.07, 6.45) is 5.13. The van der Waals surface area contributed by atoms with Crippen LogP contribution in [0.3, 0.4) is 0 Å². The van der Waals surface area contributed by atoms with Crippen LogP contribution in [0.25, 0.3) is 0 Å². The third-order valence-electron chi connectivity index (χ3n) is 2.75. The van der Waals surface area contributed by atoms with Crippen molar-refractivity contribution in [2.24, 2.45) is 0 Å². The first-order valence-electron chi connectivity index (χ1n) is 6.21. The number of anilines is 1. The Morgan fingerprint density at radius 2 is 2.06 bits per heavy atom. The number of nitrogen functional groups attached to an aromatic ring is 1.